The molecule has 0 spiro atoms. The molecule has 0 aromatic rings. The molecule has 1 heterocycles. The summed E-state index contributed by atoms with van der Waals surface area (Å²) in [4.78, 5) is 10.3. The van der Waals surface area contributed by atoms with Gasteiger partial charge in [-0.15, -0.1) is 0 Å². The van der Waals surface area contributed by atoms with E-state index in [1.165, 1.54) is 13.3 Å². The van der Waals surface area contributed by atoms with Gasteiger partial charge in [0.1, 0.15) is 0 Å². The van der Waals surface area contributed by atoms with Crippen LogP contribution in [0, 0.1) is 0 Å². The Morgan fingerprint density at radius 1 is 1.82 bits per heavy atom. The minimum absolute atomic E-state index is 0.398. The molecule has 0 aromatic heterocycles. The predicted octanol–water partition coefficient (Wildman–Crippen LogP) is 0.486. The normalized spacial score (nSPS) is 15.4. The zero-order valence-corrected chi connectivity index (χ0v) is 5.94. The van der Waals surface area contributed by atoms with Crippen molar-refractivity contribution in [3.8, 4) is 0 Å². The van der Waals surface area contributed by atoms with E-state index in [0.717, 1.165) is 5.01 Å². The van der Waals surface area contributed by atoms with Crippen LogP contribution in [0.15, 0.2) is 24.2 Å². The van der Waals surface area contributed by atoms with Crippen LogP contribution >= 0.6 is 0 Å². The molecule has 11 heavy (non-hydrogen) atoms. The SMILES string of the molecule is COC1=CC=CN(C(=O)O)N1. The number of carbonyl (C=O) groups is 1. The molecule has 1 amide bonds. The highest BCUT2D eigenvalue weighted by Crippen LogP contribution is 2.00. The Kier molecular flexibility index (Phi) is 2.00. The minimum atomic E-state index is -1.08. The zero-order chi connectivity index (χ0) is 8.27. The van der Waals surface area contributed by atoms with Gasteiger partial charge in [0.05, 0.1) is 7.11 Å². The molecule has 0 radical (unpaired) electrons. The first-order valence-corrected chi connectivity index (χ1v) is 2.95. The molecule has 2 N–H and O–H groups in total. The Labute approximate surface area is 63.5 Å². The van der Waals surface area contributed by atoms with Gasteiger partial charge in [0.15, 0.2) is 0 Å². The van der Waals surface area contributed by atoms with Crippen LogP contribution in [-0.4, -0.2) is 23.3 Å². The van der Waals surface area contributed by atoms with Crippen molar-refractivity contribution in [2.24, 2.45) is 0 Å². The van der Waals surface area contributed by atoms with Crippen molar-refractivity contribution in [2.45, 2.75) is 0 Å². The summed E-state index contributed by atoms with van der Waals surface area (Å²) in [5, 5.41) is 9.38. The summed E-state index contributed by atoms with van der Waals surface area (Å²) < 4.78 is 4.77. The first-order valence-electron chi connectivity index (χ1n) is 2.95. The van der Waals surface area contributed by atoms with Crippen LogP contribution < -0.4 is 5.43 Å². The number of nitrogens with one attached hydrogen (secondary N) is 1. The summed E-state index contributed by atoms with van der Waals surface area (Å²) in [6, 6.07) is 0. The fraction of sp³-hybridized carbons (Fsp3) is 0.167. The first-order chi connectivity index (χ1) is 5.24. The van der Waals surface area contributed by atoms with Crippen molar-refractivity contribution in [3.05, 3.63) is 24.2 Å². The molecule has 5 nitrogen and oxygen atoms in total. The van der Waals surface area contributed by atoms with Crippen LogP contribution in [0.5, 0.6) is 0 Å². The topological polar surface area (TPSA) is 61.8 Å². The van der Waals surface area contributed by atoms with E-state index in [2.05, 4.69) is 5.43 Å². The number of methoxy groups -OCH3 is 1. The molecule has 0 bridgehead atoms. The number of carboxylic acid groups (broad SMARTS) is 1. The van der Waals surface area contributed by atoms with Gasteiger partial charge in [0.25, 0.3) is 0 Å². The lowest BCUT2D eigenvalue weighted by molar-refractivity contribution is 0.129. The van der Waals surface area contributed by atoms with Gasteiger partial charge in [-0.2, -0.15) is 5.01 Å². The summed E-state index contributed by atoms with van der Waals surface area (Å²) in [7, 11) is 1.46. The number of allylic oxidation sites excluding steroid dienone is 2. The van der Waals surface area contributed by atoms with E-state index in [1.807, 2.05) is 0 Å². The Morgan fingerprint density at radius 2 is 2.55 bits per heavy atom. The van der Waals surface area contributed by atoms with Crippen molar-refractivity contribution < 1.29 is 14.6 Å². The maximum Gasteiger partial charge on any atom is 0.430 e. The molecule has 60 valence electrons. The largest absolute Gasteiger partial charge is 0.481 e. The van der Waals surface area contributed by atoms with Crippen LogP contribution in [0.2, 0.25) is 0 Å². The van der Waals surface area contributed by atoms with Crippen molar-refractivity contribution in [3.63, 3.8) is 0 Å². The second-order valence-electron chi connectivity index (χ2n) is 1.84. The Balaban J connectivity index is 2.62. The summed E-state index contributed by atoms with van der Waals surface area (Å²) in [5.41, 5.74) is 2.49. The van der Waals surface area contributed by atoms with Gasteiger partial charge in [-0.25, -0.2) is 4.79 Å². The maximum absolute atomic E-state index is 10.3. The Bertz CT molecular complexity index is 222. The molecule has 0 aromatic carbocycles. The fourth-order valence-corrected chi connectivity index (χ4v) is 0.635. The lowest BCUT2D eigenvalue weighted by Crippen LogP contribution is -2.38. The molecule has 0 saturated carbocycles. The van der Waals surface area contributed by atoms with Gasteiger partial charge in [0.2, 0.25) is 5.88 Å². The molecule has 1 rings (SSSR count). The third-order valence-corrected chi connectivity index (χ3v) is 1.14. The van der Waals surface area contributed by atoms with Gasteiger partial charge < -0.3 is 9.84 Å². The number of amides is 1. The van der Waals surface area contributed by atoms with Crippen molar-refractivity contribution in [2.75, 3.05) is 7.11 Å². The number of hydrogen-bond donors (Lipinski definition) is 2. The van der Waals surface area contributed by atoms with Gasteiger partial charge in [-0.05, 0) is 6.08 Å². The minimum Gasteiger partial charge on any atom is -0.481 e. The van der Waals surface area contributed by atoms with Crippen LogP contribution in [-0.2, 0) is 4.74 Å². The van der Waals surface area contributed by atoms with Gasteiger partial charge in [0, 0.05) is 12.3 Å². The molecular formula is C6H8N2O3. The second-order valence-corrected chi connectivity index (χ2v) is 1.84. The fourth-order valence-electron chi connectivity index (χ4n) is 0.635. The maximum atomic E-state index is 10.3. The lowest BCUT2D eigenvalue weighted by Gasteiger charge is -2.20. The van der Waals surface area contributed by atoms with Gasteiger partial charge in [-0.3, -0.25) is 5.43 Å². The molecule has 0 fully saturated rings. The molecule has 0 atom stereocenters. The van der Waals surface area contributed by atoms with E-state index < -0.39 is 6.09 Å². The highest BCUT2D eigenvalue weighted by molar-refractivity contribution is 5.66. The number of ether oxygens (including phenoxy) is 1. The van der Waals surface area contributed by atoms with Crippen LogP contribution in [0.1, 0.15) is 0 Å². The smallest absolute Gasteiger partial charge is 0.430 e. The van der Waals surface area contributed by atoms with Crippen molar-refractivity contribution in [1.29, 1.82) is 0 Å². The summed E-state index contributed by atoms with van der Waals surface area (Å²) in [6.07, 6.45) is 3.50. The van der Waals surface area contributed by atoms with Crippen molar-refractivity contribution >= 4 is 6.09 Å². The molecule has 0 unspecified atom stereocenters. The lowest BCUT2D eigenvalue weighted by atomic mass is 10.5. The third-order valence-electron chi connectivity index (χ3n) is 1.14. The van der Waals surface area contributed by atoms with E-state index >= 15 is 0 Å². The van der Waals surface area contributed by atoms with E-state index in [9.17, 15) is 4.79 Å². The third kappa shape index (κ3) is 1.64. The highest BCUT2D eigenvalue weighted by Gasteiger charge is 2.11. The molecule has 5 heteroatoms. The Morgan fingerprint density at radius 3 is 3.09 bits per heavy atom. The van der Waals surface area contributed by atoms with E-state index in [0.29, 0.717) is 5.88 Å². The molecule has 0 saturated heterocycles. The van der Waals surface area contributed by atoms with E-state index in [1.54, 1.807) is 12.2 Å². The summed E-state index contributed by atoms with van der Waals surface area (Å²) in [6.45, 7) is 0. The van der Waals surface area contributed by atoms with E-state index in [4.69, 9.17) is 9.84 Å². The summed E-state index contributed by atoms with van der Waals surface area (Å²) >= 11 is 0. The zero-order valence-electron chi connectivity index (χ0n) is 5.94. The van der Waals surface area contributed by atoms with Crippen LogP contribution in [0.25, 0.3) is 0 Å². The standard InChI is InChI=1S/C6H8N2O3/c1-11-5-3-2-4-8(7-5)6(9)10/h2-4,7H,1H3,(H,9,10). The van der Waals surface area contributed by atoms with Gasteiger partial charge in [-0.1, -0.05) is 0 Å². The number of nitrogens with zero attached hydrogens (tertiary/aromatic N) is 1. The second kappa shape index (κ2) is 2.96. The molecule has 1 aliphatic heterocycles. The monoisotopic (exact) mass is 156 g/mol. The van der Waals surface area contributed by atoms with E-state index in [-0.39, 0.29) is 0 Å². The summed E-state index contributed by atoms with van der Waals surface area (Å²) in [5.74, 6) is 0.398. The number of hydrogen-bond acceptors (Lipinski definition) is 3. The first kappa shape index (κ1) is 7.46. The predicted molar refractivity (Wildman–Crippen MR) is 37.2 cm³/mol. The average molecular weight is 156 g/mol. The molecule has 0 aliphatic carbocycles. The molecule has 1 aliphatic rings. The average Bonchev–Trinajstić information content (AvgIpc) is 2.05. The van der Waals surface area contributed by atoms with Crippen LogP contribution in [0.4, 0.5) is 4.79 Å². The number of hydrazine groups is 1. The van der Waals surface area contributed by atoms with Gasteiger partial charge >= 0.3 is 6.09 Å². The highest BCUT2D eigenvalue weighted by atomic mass is 16.5. The van der Waals surface area contributed by atoms with Crippen LogP contribution in [0.3, 0.4) is 0 Å². The Hall–Kier alpha value is -1.65. The molecular weight excluding hydrogens is 148 g/mol. The quantitative estimate of drug-likeness (QED) is 0.579. The number of rotatable bonds is 1. The van der Waals surface area contributed by atoms with Crippen molar-refractivity contribution in [1.82, 2.24) is 10.4 Å².